The smallest absolute Gasteiger partial charge is 0.0701 e. The van der Waals surface area contributed by atoms with Gasteiger partial charge in [-0.2, -0.15) is 0 Å². The summed E-state index contributed by atoms with van der Waals surface area (Å²) in [5.41, 5.74) is 5.35. The fraction of sp³-hybridized carbons (Fsp3) is 0.964. The average Bonchev–Trinajstić information content (AvgIpc) is 3.43. The molecule has 0 unspecified atom stereocenters. The van der Waals surface area contributed by atoms with Gasteiger partial charge in [0.15, 0.2) is 0 Å². The van der Waals surface area contributed by atoms with Gasteiger partial charge in [0, 0.05) is 13.2 Å². The van der Waals surface area contributed by atoms with Gasteiger partial charge in [0.25, 0.3) is 0 Å². The largest absolute Gasteiger partial charge is 0.379 e. The van der Waals surface area contributed by atoms with E-state index in [1.54, 1.807) is 0 Å². The highest BCUT2D eigenvalue weighted by Crippen LogP contribution is 2.11. The Hall–Kier alpha value is -1.06. The summed E-state index contributed by atoms with van der Waals surface area (Å²) in [7, 11) is 0. The molecule has 0 atom stereocenters. The molecule has 0 rings (SSSR count). The Morgan fingerprint density at radius 3 is 0.539 bits per heavy atom. The fourth-order valence-corrected chi connectivity index (χ4v) is 6.60. The van der Waals surface area contributed by atoms with Gasteiger partial charge in [-0.15, -0.1) is 0 Å². The normalized spacial score (nSPS) is 11.9. The van der Waals surface area contributed by atoms with E-state index in [1.165, 1.54) is 83.5 Å². The number of nitrogens with two attached hydrogens (primary N) is 1. The average molecular weight is 1100 g/mol. The molecule has 76 heavy (non-hydrogen) atoms. The summed E-state index contributed by atoms with van der Waals surface area (Å²) < 4.78 is 105. The van der Waals surface area contributed by atoms with E-state index in [0.717, 1.165) is 13.0 Å². The predicted molar refractivity (Wildman–Crippen MR) is 294 cm³/mol. The molecule has 20 nitrogen and oxygen atoms in total. The van der Waals surface area contributed by atoms with Crippen molar-refractivity contribution in [1.82, 2.24) is 0 Å². The molecule has 0 radical (unpaired) electrons. The molecule has 0 fully saturated rings. The third-order valence-electron chi connectivity index (χ3n) is 10.8. The zero-order chi connectivity index (χ0) is 54.3. The van der Waals surface area contributed by atoms with Crippen LogP contribution in [0.2, 0.25) is 0 Å². The zero-order valence-corrected chi connectivity index (χ0v) is 48.0. The van der Waals surface area contributed by atoms with Gasteiger partial charge in [0.2, 0.25) is 0 Å². The van der Waals surface area contributed by atoms with E-state index in [9.17, 15) is 0 Å². The number of ether oxygens (including phenoxy) is 19. The van der Waals surface area contributed by atoms with E-state index in [2.05, 4.69) is 19.1 Å². The minimum atomic E-state index is 0.495. The van der Waals surface area contributed by atoms with Gasteiger partial charge < -0.3 is 95.7 Å². The van der Waals surface area contributed by atoms with Crippen molar-refractivity contribution < 1.29 is 90.0 Å². The summed E-state index contributed by atoms with van der Waals surface area (Å²) in [5.74, 6) is 0. The molecule has 0 bridgehead atoms. The van der Waals surface area contributed by atoms with E-state index in [-0.39, 0.29) is 0 Å². The monoisotopic (exact) mass is 1100 g/mol. The quantitative estimate of drug-likeness (QED) is 0.0525. The van der Waals surface area contributed by atoms with Gasteiger partial charge >= 0.3 is 0 Å². The maximum atomic E-state index is 5.69. The van der Waals surface area contributed by atoms with Crippen LogP contribution in [0.3, 0.4) is 0 Å². The Bertz CT molecular complexity index is 1030. The highest BCUT2D eigenvalue weighted by molar-refractivity contribution is 4.81. The third kappa shape index (κ3) is 72.9. The predicted octanol–water partition coefficient (Wildman–Crippen LogP) is 6.30. The van der Waals surface area contributed by atoms with E-state index in [1.807, 2.05) is 0 Å². The molecule has 0 aliphatic rings. The molecule has 0 saturated carbocycles. The summed E-state index contributed by atoms with van der Waals surface area (Å²) in [5, 5.41) is 0. The van der Waals surface area contributed by atoms with Gasteiger partial charge in [-0.3, -0.25) is 0 Å². The molecular formula is C56H113NO19. The van der Waals surface area contributed by atoms with Crippen LogP contribution in [0.1, 0.15) is 96.8 Å². The standard InChI is InChI=1S/C56H113NO19/c1-2-3-4-5-6-7-8-9-10-11-12-13-14-15-16-17-19-58-21-23-60-25-27-62-29-31-64-33-35-66-37-39-68-41-43-70-45-47-72-49-51-74-53-55-76-56-54-75-52-50-73-48-46-71-44-42-69-40-38-67-36-34-65-32-30-63-28-26-61-24-22-59-20-18-57/h12-13H,2-11,14-57H2,1H3/b13-12+. The second-order valence-electron chi connectivity index (χ2n) is 17.4. The van der Waals surface area contributed by atoms with E-state index in [4.69, 9.17) is 95.7 Å². The molecule has 0 heterocycles. The molecule has 0 aromatic rings. The Labute approximate surface area is 461 Å². The SMILES string of the molecule is CCCCCCCCCCC/C=C/CCCCCOCCOCCOCCOCCOCCOCCOCCOCCOCCOCCOCCOCCOCCOCCOCCOCCOCCOCCOCCN. The van der Waals surface area contributed by atoms with Crippen molar-refractivity contribution in [3.05, 3.63) is 12.2 Å². The van der Waals surface area contributed by atoms with Crippen LogP contribution in [-0.2, 0) is 90.0 Å². The molecule has 20 heteroatoms. The fourth-order valence-electron chi connectivity index (χ4n) is 6.60. The van der Waals surface area contributed by atoms with Gasteiger partial charge in [-0.25, -0.2) is 0 Å². The number of hydrogen-bond acceptors (Lipinski definition) is 20. The second kappa shape index (κ2) is 73.9. The van der Waals surface area contributed by atoms with Crippen LogP contribution < -0.4 is 5.73 Å². The Morgan fingerprint density at radius 2 is 0.342 bits per heavy atom. The molecule has 0 saturated heterocycles. The Morgan fingerprint density at radius 1 is 0.184 bits per heavy atom. The Balaban J connectivity index is 3.09. The minimum Gasteiger partial charge on any atom is -0.379 e. The number of unbranched alkanes of at least 4 members (excludes halogenated alkanes) is 12. The first-order chi connectivity index (χ1) is 37.9. The lowest BCUT2D eigenvalue weighted by Crippen LogP contribution is -2.16. The maximum absolute atomic E-state index is 5.69. The van der Waals surface area contributed by atoms with Crippen molar-refractivity contribution in [1.29, 1.82) is 0 Å². The highest BCUT2D eigenvalue weighted by atomic mass is 16.6. The van der Waals surface area contributed by atoms with Crippen LogP contribution in [0.15, 0.2) is 12.2 Å². The second-order valence-corrected chi connectivity index (χ2v) is 17.4. The molecule has 2 N–H and O–H groups in total. The van der Waals surface area contributed by atoms with Crippen molar-refractivity contribution in [3.63, 3.8) is 0 Å². The van der Waals surface area contributed by atoms with Crippen molar-refractivity contribution >= 4 is 0 Å². The summed E-state index contributed by atoms with van der Waals surface area (Å²) in [6, 6.07) is 0. The van der Waals surface area contributed by atoms with E-state index < -0.39 is 0 Å². The minimum absolute atomic E-state index is 0.495. The van der Waals surface area contributed by atoms with Gasteiger partial charge in [0.1, 0.15) is 0 Å². The number of rotatable bonds is 72. The van der Waals surface area contributed by atoms with Crippen LogP contribution in [0.5, 0.6) is 0 Å². The molecule has 0 aliphatic carbocycles. The van der Waals surface area contributed by atoms with Crippen LogP contribution in [0.25, 0.3) is 0 Å². The molecule has 0 aliphatic heterocycles. The van der Waals surface area contributed by atoms with Crippen molar-refractivity contribution in [2.45, 2.75) is 96.8 Å². The number of allylic oxidation sites excluding steroid dienone is 2. The molecule has 0 amide bonds. The zero-order valence-electron chi connectivity index (χ0n) is 48.0. The van der Waals surface area contributed by atoms with Gasteiger partial charge in [-0.1, -0.05) is 76.9 Å². The first-order valence-corrected chi connectivity index (χ1v) is 29.2. The molecule has 0 spiro atoms. The first kappa shape index (κ1) is 74.9. The number of hydrogen-bond donors (Lipinski definition) is 1. The van der Waals surface area contributed by atoms with Gasteiger partial charge in [-0.05, 0) is 32.1 Å². The third-order valence-corrected chi connectivity index (χ3v) is 10.8. The summed E-state index contributed by atoms with van der Waals surface area (Å²) in [6.45, 7) is 22.7. The van der Waals surface area contributed by atoms with Gasteiger partial charge in [0.05, 0.1) is 244 Å². The molecular weight excluding hydrogens is 991 g/mol. The first-order valence-electron chi connectivity index (χ1n) is 29.2. The molecule has 456 valence electrons. The lowest BCUT2D eigenvalue weighted by Gasteiger charge is -2.09. The van der Waals surface area contributed by atoms with E-state index in [0.29, 0.717) is 251 Å². The lowest BCUT2D eigenvalue weighted by atomic mass is 10.1. The summed E-state index contributed by atoms with van der Waals surface area (Å²) >= 11 is 0. The van der Waals surface area contributed by atoms with Crippen molar-refractivity contribution in [3.8, 4) is 0 Å². The Kier molecular flexibility index (Phi) is 72.9. The highest BCUT2D eigenvalue weighted by Gasteiger charge is 2.00. The topological polar surface area (TPSA) is 201 Å². The molecule has 0 aromatic heterocycles. The van der Waals surface area contributed by atoms with Crippen LogP contribution in [0, 0.1) is 0 Å². The van der Waals surface area contributed by atoms with Crippen LogP contribution in [-0.4, -0.2) is 258 Å². The summed E-state index contributed by atoms with van der Waals surface area (Å²) in [4.78, 5) is 0. The lowest BCUT2D eigenvalue weighted by molar-refractivity contribution is -0.0312. The van der Waals surface area contributed by atoms with Crippen molar-refractivity contribution in [2.24, 2.45) is 5.73 Å². The maximum Gasteiger partial charge on any atom is 0.0701 e. The van der Waals surface area contributed by atoms with Crippen LogP contribution >= 0.6 is 0 Å². The summed E-state index contributed by atoms with van der Waals surface area (Å²) in [6.07, 6.45) is 23.3. The van der Waals surface area contributed by atoms with E-state index >= 15 is 0 Å². The van der Waals surface area contributed by atoms with Crippen LogP contribution in [0.4, 0.5) is 0 Å². The van der Waals surface area contributed by atoms with Crippen molar-refractivity contribution in [2.75, 3.05) is 258 Å². The molecule has 0 aromatic carbocycles.